The SMILES string of the molecule is O=C1/C=C/C(=O)ON2C(=O)C3C=CC=C(O1)C3C2=O. The van der Waals surface area contributed by atoms with Crippen molar-refractivity contribution in [2.75, 3.05) is 0 Å². The molecule has 2 aliphatic heterocycles. The Kier molecular flexibility index (Phi) is 2.34. The van der Waals surface area contributed by atoms with Crippen LogP contribution >= 0.6 is 0 Å². The highest BCUT2D eigenvalue weighted by atomic mass is 16.7. The molecule has 0 aromatic heterocycles. The van der Waals surface area contributed by atoms with Crippen LogP contribution < -0.4 is 0 Å². The molecule has 1 saturated heterocycles. The Labute approximate surface area is 106 Å². The third-order valence-corrected chi connectivity index (χ3v) is 2.95. The Morgan fingerprint density at radius 2 is 1.74 bits per heavy atom. The minimum Gasteiger partial charge on any atom is -0.427 e. The maximum absolute atomic E-state index is 12.0. The fourth-order valence-electron chi connectivity index (χ4n) is 2.13. The summed E-state index contributed by atoms with van der Waals surface area (Å²) >= 11 is 0. The molecule has 0 N–H and O–H groups in total. The number of ether oxygens (including phenoxy) is 1. The van der Waals surface area contributed by atoms with E-state index in [1.807, 2.05) is 0 Å². The van der Waals surface area contributed by atoms with Crippen LogP contribution in [-0.2, 0) is 28.8 Å². The van der Waals surface area contributed by atoms with E-state index in [9.17, 15) is 19.2 Å². The molecule has 0 spiro atoms. The standard InChI is InChI=1S/C12H7NO6/c14-8-4-5-9(15)19-13-11(16)6-2-1-3-7(18-8)10(6)12(13)17/h1-6,10H/b5-4+. The first-order valence-electron chi connectivity index (χ1n) is 5.46. The second-order valence-corrected chi connectivity index (χ2v) is 4.09. The van der Waals surface area contributed by atoms with Crippen molar-refractivity contribution in [1.29, 1.82) is 0 Å². The van der Waals surface area contributed by atoms with Gasteiger partial charge in [0.1, 0.15) is 11.7 Å². The van der Waals surface area contributed by atoms with Gasteiger partial charge in [-0.2, -0.15) is 0 Å². The summed E-state index contributed by atoms with van der Waals surface area (Å²) in [4.78, 5) is 51.4. The molecule has 0 saturated carbocycles. The van der Waals surface area contributed by atoms with E-state index in [2.05, 4.69) is 4.84 Å². The normalized spacial score (nSPS) is 30.7. The van der Waals surface area contributed by atoms with Crippen molar-refractivity contribution in [3.63, 3.8) is 0 Å². The van der Waals surface area contributed by atoms with Gasteiger partial charge in [-0.3, -0.25) is 9.59 Å². The summed E-state index contributed by atoms with van der Waals surface area (Å²) in [5, 5.41) is 0.421. The zero-order valence-corrected chi connectivity index (χ0v) is 9.44. The third kappa shape index (κ3) is 1.67. The van der Waals surface area contributed by atoms with Gasteiger partial charge < -0.3 is 9.57 Å². The largest absolute Gasteiger partial charge is 0.427 e. The van der Waals surface area contributed by atoms with E-state index < -0.39 is 35.6 Å². The maximum Gasteiger partial charge on any atom is 0.357 e. The molecule has 2 bridgehead atoms. The molecule has 3 aliphatic rings. The molecule has 2 unspecified atom stereocenters. The lowest BCUT2D eigenvalue weighted by Gasteiger charge is -2.18. The van der Waals surface area contributed by atoms with Crippen LogP contribution in [0.15, 0.2) is 36.1 Å². The number of amides is 2. The highest BCUT2D eigenvalue weighted by Gasteiger charge is 2.52. The maximum atomic E-state index is 12.0. The van der Waals surface area contributed by atoms with E-state index in [4.69, 9.17) is 4.74 Å². The molecule has 1 aliphatic carbocycles. The van der Waals surface area contributed by atoms with Crippen molar-refractivity contribution in [3.8, 4) is 0 Å². The zero-order chi connectivity index (χ0) is 13.6. The first-order valence-corrected chi connectivity index (χ1v) is 5.46. The fourth-order valence-corrected chi connectivity index (χ4v) is 2.13. The van der Waals surface area contributed by atoms with Crippen LogP contribution in [0.4, 0.5) is 0 Å². The summed E-state index contributed by atoms with van der Waals surface area (Å²) in [5.41, 5.74) is 0. The van der Waals surface area contributed by atoms with Gasteiger partial charge in [0, 0.05) is 12.2 Å². The summed E-state index contributed by atoms with van der Waals surface area (Å²) in [6.07, 6.45) is 6.12. The summed E-state index contributed by atoms with van der Waals surface area (Å²) < 4.78 is 4.97. The van der Waals surface area contributed by atoms with Gasteiger partial charge in [0.2, 0.25) is 0 Å². The van der Waals surface area contributed by atoms with Crippen molar-refractivity contribution < 1.29 is 28.8 Å². The highest BCUT2D eigenvalue weighted by molar-refractivity contribution is 6.08. The molecule has 0 radical (unpaired) electrons. The minimum absolute atomic E-state index is 0.0703. The number of hydrogen-bond donors (Lipinski definition) is 0. The summed E-state index contributed by atoms with van der Waals surface area (Å²) in [6.45, 7) is 0. The fraction of sp³-hybridized carbons (Fsp3) is 0.167. The third-order valence-electron chi connectivity index (χ3n) is 2.95. The van der Waals surface area contributed by atoms with Gasteiger partial charge in [0.25, 0.3) is 11.8 Å². The molecule has 2 heterocycles. The van der Waals surface area contributed by atoms with Crippen LogP contribution in [0.2, 0.25) is 0 Å². The molecule has 7 nitrogen and oxygen atoms in total. The Balaban J connectivity index is 2.10. The monoisotopic (exact) mass is 261 g/mol. The lowest BCUT2D eigenvalue weighted by Crippen LogP contribution is -2.34. The molecule has 2 atom stereocenters. The number of carbonyl (C=O) groups is 4. The van der Waals surface area contributed by atoms with Crippen molar-refractivity contribution in [3.05, 3.63) is 36.1 Å². The molecule has 19 heavy (non-hydrogen) atoms. The number of hydroxylamine groups is 2. The lowest BCUT2D eigenvalue weighted by molar-refractivity contribution is -0.194. The minimum atomic E-state index is -0.992. The smallest absolute Gasteiger partial charge is 0.357 e. The van der Waals surface area contributed by atoms with Crippen LogP contribution in [0.25, 0.3) is 0 Å². The summed E-state index contributed by atoms with van der Waals surface area (Å²) in [6, 6.07) is 0. The van der Waals surface area contributed by atoms with Gasteiger partial charge >= 0.3 is 11.9 Å². The number of hydrogen-bond acceptors (Lipinski definition) is 6. The number of fused-ring (bicyclic) bond motifs is 1. The predicted octanol–water partition coefficient (Wildman–Crippen LogP) is -0.388. The molecular weight excluding hydrogens is 254 g/mol. The van der Waals surface area contributed by atoms with E-state index in [1.165, 1.54) is 18.2 Å². The molecular formula is C12H7NO6. The predicted molar refractivity (Wildman–Crippen MR) is 57.4 cm³/mol. The Bertz CT molecular complexity index is 599. The first kappa shape index (κ1) is 11.4. The van der Waals surface area contributed by atoms with Gasteiger partial charge in [-0.15, -0.1) is 5.06 Å². The average Bonchev–Trinajstić information content (AvgIpc) is 2.62. The number of carbonyl (C=O) groups excluding carboxylic acids is 4. The van der Waals surface area contributed by atoms with Crippen LogP contribution in [0, 0.1) is 11.8 Å². The van der Waals surface area contributed by atoms with Crippen LogP contribution in [0.5, 0.6) is 0 Å². The second-order valence-electron chi connectivity index (χ2n) is 4.09. The van der Waals surface area contributed by atoms with Gasteiger partial charge in [0.05, 0.1) is 5.92 Å². The van der Waals surface area contributed by atoms with Gasteiger partial charge in [-0.25, -0.2) is 9.59 Å². The molecule has 0 aromatic rings. The van der Waals surface area contributed by atoms with E-state index in [0.717, 1.165) is 12.2 Å². The number of rotatable bonds is 0. The molecule has 3 rings (SSSR count). The Morgan fingerprint density at radius 1 is 1.00 bits per heavy atom. The van der Waals surface area contributed by atoms with Crippen molar-refractivity contribution in [1.82, 2.24) is 5.06 Å². The molecule has 1 fully saturated rings. The summed E-state index contributed by atoms with van der Waals surface area (Å²) in [7, 11) is 0. The number of nitrogens with zero attached hydrogens (tertiary/aromatic N) is 1. The van der Waals surface area contributed by atoms with E-state index in [1.54, 1.807) is 0 Å². The van der Waals surface area contributed by atoms with E-state index >= 15 is 0 Å². The van der Waals surface area contributed by atoms with Crippen LogP contribution in [0.3, 0.4) is 0 Å². The topological polar surface area (TPSA) is 90.0 Å². The average molecular weight is 261 g/mol. The van der Waals surface area contributed by atoms with Crippen LogP contribution in [0.1, 0.15) is 0 Å². The highest BCUT2D eigenvalue weighted by Crippen LogP contribution is 2.36. The van der Waals surface area contributed by atoms with Crippen molar-refractivity contribution >= 4 is 23.8 Å². The number of esters is 1. The molecule has 7 heteroatoms. The molecule has 2 amide bonds. The van der Waals surface area contributed by atoms with Gasteiger partial charge in [-0.05, 0) is 6.08 Å². The summed E-state index contributed by atoms with van der Waals surface area (Å²) in [5.74, 6) is -4.88. The van der Waals surface area contributed by atoms with E-state index in [0.29, 0.717) is 5.06 Å². The number of imide groups is 1. The lowest BCUT2D eigenvalue weighted by atomic mass is 9.89. The molecule has 0 aromatic carbocycles. The number of allylic oxidation sites excluding steroid dienone is 2. The molecule has 96 valence electrons. The van der Waals surface area contributed by atoms with Gasteiger partial charge in [-0.1, -0.05) is 12.2 Å². The van der Waals surface area contributed by atoms with E-state index in [-0.39, 0.29) is 5.76 Å². The zero-order valence-electron chi connectivity index (χ0n) is 9.44. The Morgan fingerprint density at radius 3 is 2.53 bits per heavy atom. The Hall–Kier alpha value is -2.70. The first-order chi connectivity index (χ1) is 9.08. The second kappa shape index (κ2) is 3.91. The quantitative estimate of drug-likeness (QED) is 0.436. The van der Waals surface area contributed by atoms with Gasteiger partial charge in [0.15, 0.2) is 0 Å². The van der Waals surface area contributed by atoms with Crippen LogP contribution in [-0.4, -0.2) is 28.8 Å². The van der Waals surface area contributed by atoms with Crippen molar-refractivity contribution in [2.24, 2.45) is 11.8 Å². The van der Waals surface area contributed by atoms with Crippen molar-refractivity contribution in [2.45, 2.75) is 0 Å².